The zero-order valence-corrected chi connectivity index (χ0v) is 8.80. The molecule has 1 unspecified atom stereocenters. The fourth-order valence-electron chi connectivity index (χ4n) is 0.941. The highest BCUT2D eigenvalue weighted by molar-refractivity contribution is 7.12. The number of aryl methyl sites for hydroxylation is 1. The topological polar surface area (TPSA) is 20.2 Å². The van der Waals surface area contributed by atoms with Gasteiger partial charge in [0.25, 0.3) is 0 Å². The second kappa shape index (κ2) is 4.08. The van der Waals surface area contributed by atoms with Gasteiger partial charge in [-0.25, -0.2) is 0 Å². The summed E-state index contributed by atoms with van der Waals surface area (Å²) in [5.41, 5.74) is 0. The van der Waals surface area contributed by atoms with E-state index in [1.165, 1.54) is 6.07 Å². The first-order valence-electron chi connectivity index (χ1n) is 3.89. The average Bonchev–Trinajstić information content (AvgIpc) is 2.43. The minimum atomic E-state index is -4.65. The molecule has 14 heavy (non-hydrogen) atoms. The van der Waals surface area contributed by atoms with Gasteiger partial charge in [-0.15, -0.1) is 11.3 Å². The molecule has 0 spiro atoms. The molecule has 0 aromatic carbocycles. The molecular weight excluding hydrogens is 237 g/mol. The van der Waals surface area contributed by atoms with Crippen LogP contribution in [0.1, 0.15) is 22.8 Å². The van der Waals surface area contributed by atoms with Crippen molar-refractivity contribution in [3.63, 3.8) is 0 Å². The largest absolute Gasteiger partial charge is 0.419 e. The third-order valence-corrected chi connectivity index (χ3v) is 3.43. The number of rotatable bonds is 2. The first-order valence-corrected chi connectivity index (χ1v) is 5.08. The van der Waals surface area contributed by atoms with Crippen molar-refractivity contribution in [1.82, 2.24) is 0 Å². The summed E-state index contributed by atoms with van der Waals surface area (Å²) >= 11 is 6.47. The van der Waals surface area contributed by atoms with Crippen LogP contribution in [0.25, 0.3) is 0 Å². The van der Waals surface area contributed by atoms with Crippen molar-refractivity contribution >= 4 is 22.9 Å². The van der Waals surface area contributed by atoms with Crippen LogP contribution in [0.4, 0.5) is 13.2 Å². The molecule has 0 aliphatic carbocycles. The Kier molecular flexibility index (Phi) is 3.44. The number of hydrogen-bond donors (Lipinski definition) is 1. The molecule has 1 aromatic rings. The van der Waals surface area contributed by atoms with Gasteiger partial charge in [0.1, 0.15) is 0 Å². The summed E-state index contributed by atoms with van der Waals surface area (Å²) in [6.45, 7) is 1.81. The molecule has 1 N–H and O–H groups in total. The maximum absolute atomic E-state index is 12.1. The Balaban J connectivity index is 3.01. The predicted octanol–water partition coefficient (Wildman–Crippen LogP) is 3.56. The van der Waals surface area contributed by atoms with Crippen molar-refractivity contribution in [2.24, 2.45) is 0 Å². The summed E-state index contributed by atoms with van der Waals surface area (Å²) in [5.74, 6) is 0. The number of aliphatic hydroxyl groups excluding tert-OH is 1. The van der Waals surface area contributed by atoms with Gasteiger partial charge in [0.05, 0.1) is 9.90 Å². The lowest BCUT2D eigenvalue weighted by atomic mass is 10.3. The monoisotopic (exact) mass is 244 g/mol. The fourth-order valence-corrected chi connectivity index (χ4v) is 2.36. The lowest BCUT2D eigenvalue weighted by molar-refractivity contribution is -0.205. The molecule has 0 saturated heterocycles. The van der Waals surface area contributed by atoms with E-state index in [4.69, 9.17) is 16.7 Å². The molecule has 1 heterocycles. The van der Waals surface area contributed by atoms with E-state index in [-0.39, 0.29) is 9.90 Å². The molecule has 6 heteroatoms. The Morgan fingerprint density at radius 1 is 1.57 bits per heavy atom. The maximum Gasteiger partial charge on any atom is 0.419 e. The first-order chi connectivity index (χ1) is 6.36. The molecule has 1 nitrogen and oxygen atoms in total. The summed E-state index contributed by atoms with van der Waals surface area (Å²) in [5, 5.41) is 8.93. The van der Waals surface area contributed by atoms with Gasteiger partial charge in [0.2, 0.25) is 0 Å². The highest BCUT2D eigenvalue weighted by atomic mass is 35.5. The van der Waals surface area contributed by atoms with E-state index in [1.807, 2.05) is 6.92 Å². The smallest absolute Gasteiger partial charge is 0.379 e. The van der Waals surface area contributed by atoms with Crippen molar-refractivity contribution in [1.29, 1.82) is 0 Å². The quantitative estimate of drug-likeness (QED) is 0.843. The lowest BCUT2D eigenvalue weighted by Gasteiger charge is -2.12. The van der Waals surface area contributed by atoms with Crippen LogP contribution in [0.2, 0.25) is 5.02 Å². The second-order valence-electron chi connectivity index (χ2n) is 2.72. The Bertz CT molecular complexity index is 321. The zero-order chi connectivity index (χ0) is 10.9. The number of thiophene rings is 1. The minimum Gasteiger partial charge on any atom is -0.379 e. The average molecular weight is 245 g/mol. The molecule has 80 valence electrons. The van der Waals surface area contributed by atoms with Crippen molar-refractivity contribution in [2.75, 3.05) is 0 Å². The number of hydrogen-bond acceptors (Lipinski definition) is 2. The molecule has 0 radical (unpaired) electrons. The Morgan fingerprint density at radius 3 is 2.50 bits per heavy atom. The van der Waals surface area contributed by atoms with E-state index in [2.05, 4.69) is 0 Å². The molecular formula is C8H8ClF3OS. The van der Waals surface area contributed by atoms with Crippen LogP contribution >= 0.6 is 22.9 Å². The number of alkyl halides is 3. The van der Waals surface area contributed by atoms with Gasteiger partial charge >= 0.3 is 6.18 Å². The molecule has 0 aliphatic rings. The van der Waals surface area contributed by atoms with E-state index in [1.54, 1.807) is 0 Å². The van der Waals surface area contributed by atoms with Crippen LogP contribution in [-0.2, 0) is 6.42 Å². The van der Waals surface area contributed by atoms with Gasteiger partial charge in [-0.3, -0.25) is 0 Å². The summed E-state index contributed by atoms with van der Waals surface area (Å²) < 4.78 is 36.4. The van der Waals surface area contributed by atoms with Crippen LogP contribution in [0.5, 0.6) is 0 Å². The fraction of sp³-hybridized carbons (Fsp3) is 0.500. The highest BCUT2D eigenvalue weighted by Crippen LogP contribution is 2.40. The second-order valence-corrected chi connectivity index (χ2v) is 4.30. The van der Waals surface area contributed by atoms with E-state index < -0.39 is 12.3 Å². The van der Waals surface area contributed by atoms with Crippen LogP contribution < -0.4 is 0 Å². The van der Waals surface area contributed by atoms with E-state index >= 15 is 0 Å². The van der Waals surface area contributed by atoms with Crippen molar-refractivity contribution in [3.05, 3.63) is 20.8 Å². The Labute approximate surface area is 88.1 Å². The normalized spacial score (nSPS) is 14.4. The molecule has 1 aromatic heterocycles. The van der Waals surface area contributed by atoms with E-state index in [0.717, 1.165) is 16.2 Å². The van der Waals surface area contributed by atoms with Gasteiger partial charge in [-0.1, -0.05) is 18.5 Å². The summed E-state index contributed by atoms with van der Waals surface area (Å²) in [4.78, 5) is 0.504. The van der Waals surface area contributed by atoms with Gasteiger partial charge in [0, 0.05) is 4.88 Å². The van der Waals surface area contributed by atoms with E-state index in [9.17, 15) is 13.2 Å². The molecule has 1 atom stereocenters. The lowest BCUT2D eigenvalue weighted by Crippen LogP contribution is -2.19. The van der Waals surface area contributed by atoms with Gasteiger partial charge in [0.15, 0.2) is 6.10 Å². The van der Waals surface area contributed by atoms with Crippen molar-refractivity contribution in [2.45, 2.75) is 25.6 Å². The maximum atomic E-state index is 12.1. The van der Waals surface area contributed by atoms with Crippen LogP contribution in [0.3, 0.4) is 0 Å². The van der Waals surface area contributed by atoms with Gasteiger partial charge < -0.3 is 5.11 Å². The predicted molar refractivity (Wildman–Crippen MR) is 49.7 cm³/mol. The number of halogens is 4. The summed E-state index contributed by atoms with van der Waals surface area (Å²) in [6, 6.07) is 1.45. The van der Waals surface area contributed by atoms with Gasteiger partial charge in [-0.2, -0.15) is 13.2 Å². The number of aliphatic hydroxyl groups is 1. The molecule has 1 rings (SSSR count). The molecule has 0 bridgehead atoms. The zero-order valence-electron chi connectivity index (χ0n) is 7.23. The third kappa shape index (κ3) is 2.40. The van der Waals surface area contributed by atoms with Crippen LogP contribution in [0.15, 0.2) is 6.07 Å². The third-order valence-electron chi connectivity index (χ3n) is 1.67. The Morgan fingerprint density at radius 2 is 2.14 bits per heavy atom. The molecule has 0 aliphatic heterocycles. The van der Waals surface area contributed by atoms with Crippen LogP contribution in [0, 0.1) is 0 Å². The standard InChI is InChI=1S/C8H8ClF3OS/c1-2-4-3-5(9)6(14-4)7(13)8(10,11)12/h3,7,13H,2H2,1H3. The summed E-state index contributed by atoms with van der Waals surface area (Å²) in [7, 11) is 0. The van der Waals surface area contributed by atoms with Crippen LogP contribution in [-0.4, -0.2) is 11.3 Å². The summed E-state index contributed by atoms with van der Waals surface area (Å²) in [6.07, 6.45) is -6.52. The molecule has 0 fully saturated rings. The SMILES string of the molecule is CCc1cc(Cl)c(C(O)C(F)(F)F)s1. The van der Waals surface area contributed by atoms with E-state index in [0.29, 0.717) is 6.42 Å². The van der Waals surface area contributed by atoms with Gasteiger partial charge in [-0.05, 0) is 12.5 Å². The molecule has 0 amide bonds. The minimum absolute atomic E-state index is 0.0170. The highest BCUT2D eigenvalue weighted by Gasteiger charge is 2.41. The Hall–Kier alpha value is -0.260. The van der Waals surface area contributed by atoms with Crippen molar-refractivity contribution < 1.29 is 18.3 Å². The first kappa shape index (κ1) is 11.8. The molecule has 0 saturated carbocycles. The van der Waals surface area contributed by atoms with Crippen molar-refractivity contribution in [3.8, 4) is 0 Å².